The van der Waals surface area contributed by atoms with Crippen molar-refractivity contribution in [2.75, 3.05) is 7.11 Å². The van der Waals surface area contributed by atoms with Crippen molar-refractivity contribution < 1.29 is 28.2 Å². The lowest BCUT2D eigenvalue weighted by Crippen LogP contribution is -2.23. The Bertz CT molecular complexity index is 501. The molecule has 128 valence electrons. The van der Waals surface area contributed by atoms with Gasteiger partial charge in [-0.25, -0.2) is 4.39 Å². The normalized spacial score (nSPS) is 31.0. The van der Waals surface area contributed by atoms with Crippen LogP contribution in [0.5, 0.6) is 0 Å². The number of unbranched alkanes of at least 4 members (excludes halogenated alkanes) is 1. The number of esters is 2. The van der Waals surface area contributed by atoms with Crippen LogP contribution in [-0.2, 0) is 23.9 Å². The SMILES string of the molecule is CCCCC(F)C(=O)/C=C/C1C(C(=O)OC)CC2OC(=O)CC21. The third-order valence-electron chi connectivity index (χ3n) is 4.71. The van der Waals surface area contributed by atoms with Crippen molar-refractivity contribution in [1.82, 2.24) is 0 Å². The second-order valence-electron chi connectivity index (χ2n) is 6.21. The third kappa shape index (κ3) is 3.98. The summed E-state index contributed by atoms with van der Waals surface area (Å²) in [6.45, 7) is 1.93. The van der Waals surface area contributed by atoms with Crippen molar-refractivity contribution in [2.45, 2.75) is 51.3 Å². The first-order valence-electron chi connectivity index (χ1n) is 8.11. The monoisotopic (exact) mass is 326 g/mol. The van der Waals surface area contributed by atoms with E-state index in [1.54, 1.807) is 6.08 Å². The molecular weight excluding hydrogens is 303 g/mol. The molecule has 5 unspecified atom stereocenters. The summed E-state index contributed by atoms with van der Waals surface area (Å²) < 4.78 is 23.7. The summed E-state index contributed by atoms with van der Waals surface area (Å²) in [6.07, 6.45) is 3.24. The number of allylic oxidation sites excluding steroid dienone is 2. The van der Waals surface area contributed by atoms with Gasteiger partial charge in [-0.15, -0.1) is 0 Å². The summed E-state index contributed by atoms with van der Waals surface area (Å²) >= 11 is 0. The molecule has 0 aromatic rings. The first-order chi connectivity index (χ1) is 11.0. The van der Waals surface area contributed by atoms with Gasteiger partial charge in [-0.3, -0.25) is 14.4 Å². The Morgan fingerprint density at radius 2 is 2.22 bits per heavy atom. The summed E-state index contributed by atoms with van der Waals surface area (Å²) in [5, 5.41) is 0. The number of halogens is 1. The molecule has 2 aliphatic rings. The zero-order chi connectivity index (χ0) is 17.0. The molecule has 1 heterocycles. The average molecular weight is 326 g/mol. The Balaban J connectivity index is 2.06. The van der Waals surface area contributed by atoms with Gasteiger partial charge in [-0.2, -0.15) is 0 Å². The van der Waals surface area contributed by atoms with E-state index in [-0.39, 0.29) is 42.7 Å². The maximum Gasteiger partial charge on any atom is 0.309 e. The molecular formula is C17H23FO5. The van der Waals surface area contributed by atoms with Crippen LogP contribution < -0.4 is 0 Å². The number of methoxy groups -OCH3 is 1. The summed E-state index contributed by atoms with van der Waals surface area (Å²) in [4.78, 5) is 35.2. The largest absolute Gasteiger partial charge is 0.469 e. The Morgan fingerprint density at radius 3 is 2.87 bits per heavy atom. The van der Waals surface area contributed by atoms with Crippen LogP contribution in [-0.4, -0.2) is 37.1 Å². The summed E-state index contributed by atoms with van der Waals surface area (Å²) in [6, 6.07) is 0. The fourth-order valence-electron chi connectivity index (χ4n) is 3.46. The van der Waals surface area contributed by atoms with Crippen LogP contribution in [0.25, 0.3) is 0 Å². The molecule has 5 nitrogen and oxygen atoms in total. The van der Waals surface area contributed by atoms with E-state index in [2.05, 4.69) is 0 Å². The van der Waals surface area contributed by atoms with Crippen LogP contribution in [0.2, 0.25) is 0 Å². The van der Waals surface area contributed by atoms with Gasteiger partial charge in [0, 0.05) is 5.92 Å². The molecule has 5 atom stereocenters. The van der Waals surface area contributed by atoms with E-state index in [1.165, 1.54) is 13.2 Å². The zero-order valence-corrected chi connectivity index (χ0v) is 13.5. The number of hydrogen-bond acceptors (Lipinski definition) is 5. The molecule has 1 saturated heterocycles. The third-order valence-corrected chi connectivity index (χ3v) is 4.71. The van der Waals surface area contributed by atoms with Crippen LogP contribution in [0.15, 0.2) is 12.2 Å². The van der Waals surface area contributed by atoms with Crippen molar-refractivity contribution in [1.29, 1.82) is 0 Å². The molecule has 23 heavy (non-hydrogen) atoms. The molecule has 1 aliphatic carbocycles. The van der Waals surface area contributed by atoms with Gasteiger partial charge in [0.25, 0.3) is 0 Å². The van der Waals surface area contributed by atoms with Crippen LogP contribution in [0.3, 0.4) is 0 Å². The highest BCUT2D eigenvalue weighted by Crippen LogP contribution is 2.46. The van der Waals surface area contributed by atoms with Gasteiger partial charge < -0.3 is 9.47 Å². The second-order valence-corrected chi connectivity index (χ2v) is 6.21. The highest BCUT2D eigenvalue weighted by atomic mass is 19.1. The van der Waals surface area contributed by atoms with Gasteiger partial charge >= 0.3 is 11.9 Å². The van der Waals surface area contributed by atoms with Gasteiger partial charge in [0.2, 0.25) is 0 Å². The number of alkyl halides is 1. The number of carbonyl (C=O) groups excluding carboxylic acids is 3. The first-order valence-corrected chi connectivity index (χ1v) is 8.11. The summed E-state index contributed by atoms with van der Waals surface area (Å²) in [7, 11) is 1.30. The number of ether oxygens (including phenoxy) is 2. The van der Waals surface area contributed by atoms with Gasteiger partial charge in [0.1, 0.15) is 6.10 Å². The Hall–Kier alpha value is -1.72. The van der Waals surface area contributed by atoms with Gasteiger partial charge in [-0.05, 0) is 24.8 Å². The molecule has 0 amide bonds. The quantitative estimate of drug-likeness (QED) is 0.531. The highest BCUT2D eigenvalue weighted by Gasteiger charge is 2.51. The van der Waals surface area contributed by atoms with Crippen LogP contribution in [0.1, 0.15) is 39.0 Å². The smallest absolute Gasteiger partial charge is 0.309 e. The molecule has 1 saturated carbocycles. The van der Waals surface area contributed by atoms with Crippen molar-refractivity contribution in [3.8, 4) is 0 Å². The average Bonchev–Trinajstić information content (AvgIpc) is 3.05. The second kappa shape index (κ2) is 7.70. The van der Waals surface area contributed by atoms with Crippen molar-refractivity contribution in [2.24, 2.45) is 17.8 Å². The Labute approximate surface area is 135 Å². The topological polar surface area (TPSA) is 69.7 Å². The molecule has 1 aliphatic heterocycles. The van der Waals surface area contributed by atoms with Crippen molar-refractivity contribution in [3.05, 3.63) is 12.2 Å². The lowest BCUT2D eigenvalue weighted by Gasteiger charge is -2.17. The molecule has 0 spiro atoms. The Morgan fingerprint density at radius 1 is 1.48 bits per heavy atom. The van der Waals surface area contributed by atoms with Crippen molar-refractivity contribution in [3.63, 3.8) is 0 Å². The zero-order valence-electron chi connectivity index (χ0n) is 13.5. The number of hydrogen-bond donors (Lipinski definition) is 0. The Kier molecular flexibility index (Phi) is 5.91. The molecule has 0 aromatic heterocycles. The van der Waals surface area contributed by atoms with E-state index >= 15 is 0 Å². The fourth-order valence-corrected chi connectivity index (χ4v) is 3.46. The van der Waals surface area contributed by atoms with Crippen LogP contribution in [0.4, 0.5) is 4.39 Å². The first kappa shape index (κ1) is 17.6. The lowest BCUT2D eigenvalue weighted by molar-refractivity contribution is -0.149. The molecule has 0 radical (unpaired) electrons. The van der Waals surface area contributed by atoms with Gasteiger partial charge in [-0.1, -0.05) is 25.8 Å². The number of fused-ring (bicyclic) bond motifs is 1. The van der Waals surface area contributed by atoms with E-state index in [9.17, 15) is 18.8 Å². The van der Waals surface area contributed by atoms with E-state index in [0.717, 1.165) is 6.42 Å². The minimum atomic E-state index is -1.51. The molecule has 0 aromatic carbocycles. The van der Waals surface area contributed by atoms with Crippen LogP contribution >= 0.6 is 0 Å². The number of rotatable bonds is 7. The minimum absolute atomic E-state index is 0.149. The van der Waals surface area contributed by atoms with E-state index in [4.69, 9.17) is 9.47 Å². The molecule has 0 N–H and O–H groups in total. The molecule has 2 rings (SSSR count). The van der Waals surface area contributed by atoms with Crippen LogP contribution in [0, 0.1) is 17.8 Å². The highest BCUT2D eigenvalue weighted by molar-refractivity contribution is 5.93. The van der Waals surface area contributed by atoms with Crippen molar-refractivity contribution >= 4 is 17.7 Å². The fraction of sp³-hybridized carbons (Fsp3) is 0.706. The number of carbonyl (C=O) groups is 3. The maximum absolute atomic E-state index is 13.7. The van der Waals surface area contributed by atoms with E-state index in [0.29, 0.717) is 12.8 Å². The summed E-state index contributed by atoms with van der Waals surface area (Å²) in [5.74, 6) is -2.21. The van der Waals surface area contributed by atoms with Gasteiger partial charge in [0.15, 0.2) is 12.0 Å². The van der Waals surface area contributed by atoms with E-state index < -0.39 is 17.9 Å². The standard InChI is InChI=1S/C17H23FO5/c1-3-4-5-13(18)14(19)7-6-10-11-9-16(20)23-15(11)8-12(10)17(21)22-2/h6-7,10-13,15H,3-5,8-9H2,1-2H3/b7-6+. The van der Waals surface area contributed by atoms with Gasteiger partial charge in [0.05, 0.1) is 19.4 Å². The molecule has 6 heteroatoms. The minimum Gasteiger partial charge on any atom is -0.469 e. The predicted molar refractivity (Wildman–Crippen MR) is 80.2 cm³/mol. The summed E-state index contributed by atoms with van der Waals surface area (Å²) in [5.41, 5.74) is 0. The lowest BCUT2D eigenvalue weighted by atomic mass is 9.87. The number of ketones is 1. The maximum atomic E-state index is 13.7. The molecule has 0 bridgehead atoms. The van der Waals surface area contributed by atoms with E-state index in [1.807, 2.05) is 6.92 Å². The predicted octanol–water partition coefficient (Wildman–Crippen LogP) is 2.38. The molecule has 2 fully saturated rings.